The summed E-state index contributed by atoms with van der Waals surface area (Å²) in [4.78, 5) is 11.8. The predicted molar refractivity (Wildman–Crippen MR) is 71.0 cm³/mol. The van der Waals surface area contributed by atoms with Crippen molar-refractivity contribution in [2.75, 3.05) is 11.9 Å². The molecule has 94 valence electrons. The van der Waals surface area contributed by atoms with Gasteiger partial charge in [0.1, 0.15) is 5.82 Å². The molecule has 0 saturated carbocycles. The van der Waals surface area contributed by atoms with Crippen LogP contribution in [0.2, 0.25) is 0 Å². The fourth-order valence-electron chi connectivity index (χ4n) is 1.46. The van der Waals surface area contributed by atoms with Gasteiger partial charge in [-0.2, -0.15) is 0 Å². The van der Waals surface area contributed by atoms with Gasteiger partial charge in [-0.05, 0) is 31.4 Å². The first-order valence-corrected chi connectivity index (χ1v) is 6.77. The molecular formula is C13H17BrFNO. The van der Waals surface area contributed by atoms with Crippen LogP contribution >= 0.6 is 15.9 Å². The van der Waals surface area contributed by atoms with Crippen LogP contribution in [0.3, 0.4) is 0 Å². The highest BCUT2D eigenvalue weighted by Gasteiger charge is 2.12. The summed E-state index contributed by atoms with van der Waals surface area (Å²) in [6.45, 7) is 4.45. The van der Waals surface area contributed by atoms with Crippen molar-refractivity contribution in [3.63, 3.8) is 0 Å². The van der Waals surface area contributed by atoms with E-state index in [1.54, 1.807) is 12.1 Å². The molecular weight excluding hydrogens is 285 g/mol. The minimum absolute atomic E-state index is 0.121. The predicted octanol–water partition coefficient (Wildman–Crippen LogP) is 3.29. The van der Waals surface area contributed by atoms with E-state index in [0.717, 1.165) is 17.3 Å². The van der Waals surface area contributed by atoms with Crippen molar-refractivity contribution in [1.82, 2.24) is 5.32 Å². The molecule has 1 aromatic carbocycles. The molecule has 1 unspecified atom stereocenters. The molecule has 0 saturated heterocycles. The molecule has 2 nitrogen and oxygen atoms in total. The Balaban J connectivity index is 2.61. The topological polar surface area (TPSA) is 29.1 Å². The van der Waals surface area contributed by atoms with Crippen LogP contribution in [-0.2, 0) is 0 Å². The molecule has 1 aromatic rings. The summed E-state index contributed by atoms with van der Waals surface area (Å²) in [7, 11) is 0. The zero-order chi connectivity index (χ0) is 12.8. The third-order valence-electron chi connectivity index (χ3n) is 2.58. The zero-order valence-electron chi connectivity index (χ0n) is 10.1. The molecule has 0 aliphatic heterocycles. The first-order valence-electron chi connectivity index (χ1n) is 5.65. The molecule has 4 heteroatoms. The largest absolute Gasteiger partial charge is 0.352 e. The number of halogens is 2. The Hall–Kier alpha value is -0.900. The van der Waals surface area contributed by atoms with E-state index in [-0.39, 0.29) is 11.5 Å². The van der Waals surface area contributed by atoms with Crippen LogP contribution in [0.15, 0.2) is 18.2 Å². The minimum atomic E-state index is -0.471. The standard InChI is InChI=1S/C13H17BrFNO/c1-9-3-4-12(15)11(7-9)13(17)16-8-10(2)5-6-14/h3-4,7,10H,5-6,8H2,1-2H3,(H,16,17). The number of nitrogens with one attached hydrogen (secondary N) is 1. The monoisotopic (exact) mass is 301 g/mol. The Morgan fingerprint density at radius 3 is 2.88 bits per heavy atom. The lowest BCUT2D eigenvalue weighted by atomic mass is 10.1. The summed E-state index contributed by atoms with van der Waals surface area (Å²) in [6.07, 6.45) is 0.983. The molecule has 0 spiro atoms. The lowest BCUT2D eigenvalue weighted by Gasteiger charge is -2.11. The highest BCUT2D eigenvalue weighted by atomic mass is 79.9. The maximum Gasteiger partial charge on any atom is 0.254 e. The second-order valence-electron chi connectivity index (χ2n) is 4.28. The smallest absolute Gasteiger partial charge is 0.254 e. The average Bonchev–Trinajstić information content (AvgIpc) is 2.29. The zero-order valence-corrected chi connectivity index (χ0v) is 11.7. The number of carbonyl (C=O) groups excluding carboxylic acids is 1. The summed E-state index contributed by atoms with van der Waals surface area (Å²) < 4.78 is 13.4. The lowest BCUT2D eigenvalue weighted by molar-refractivity contribution is 0.0944. The van der Waals surface area contributed by atoms with Gasteiger partial charge in [0.05, 0.1) is 5.56 Å². The van der Waals surface area contributed by atoms with Gasteiger partial charge in [0.15, 0.2) is 0 Å². The summed E-state index contributed by atoms with van der Waals surface area (Å²) in [5, 5.41) is 3.66. The Morgan fingerprint density at radius 1 is 1.53 bits per heavy atom. The number of hydrogen-bond acceptors (Lipinski definition) is 1. The molecule has 1 amide bonds. The Labute approximate surface area is 110 Å². The molecule has 1 atom stereocenters. The number of rotatable bonds is 5. The number of aryl methyl sites for hydroxylation is 1. The van der Waals surface area contributed by atoms with Crippen molar-refractivity contribution < 1.29 is 9.18 Å². The van der Waals surface area contributed by atoms with Gasteiger partial charge < -0.3 is 5.32 Å². The van der Waals surface area contributed by atoms with Gasteiger partial charge in [-0.1, -0.05) is 34.5 Å². The van der Waals surface area contributed by atoms with Crippen LogP contribution < -0.4 is 5.32 Å². The van der Waals surface area contributed by atoms with E-state index < -0.39 is 5.82 Å². The van der Waals surface area contributed by atoms with Gasteiger partial charge in [-0.25, -0.2) is 4.39 Å². The number of amides is 1. The lowest BCUT2D eigenvalue weighted by Crippen LogP contribution is -2.29. The Bertz CT molecular complexity index is 395. The fourth-order valence-corrected chi connectivity index (χ4v) is 2.25. The summed E-state index contributed by atoms with van der Waals surface area (Å²) in [5.41, 5.74) is 1.00. The van der Waals surface area contributed by atoms with Crippen molar-refractivity contribution in [3.05, 3.63) is 35.1 Å². The fraction of sp³-hybridized carbons (Fsp3) is 0.462. The molecule has 0 heterocycles. The first kappa shape index (κ1) is 14.2. The summed E-state index contributed by atoms with van der Waals surface area (Å²) in [5.74, 6) is -0.430. The number of hydrogen-bond donors (Lipinski definition) is 1. The van der Waals surface area contributed by atoms with Gasteiger partial charge in [0.25, 0.3) is 5.91 Å². The molecule has 0 aromatic heterocycles. The second-order valence-corrected chi connectivity index (χ2v) is 5.07. The van der Waals surface area contributed by atoms with Crippen molar-refractivity contribution in [3.8, 4) is 0 Å². The molecule has 0 aliphatic rings. The van der Waals surface area contributed by atoms with Crippen LogP contribution in [0.5, 0.6) is 0 Å². The molecule has 0 aliphatic carbocycles. The number of carbonyl (C=O) groups is 1. The van der Waals surface area contributed by atoms with Crippen LogP contribution in [0, 0.1) is 18.7 Å². The van der Waals surface area contributed by atoms with Gasteiger partial charge in [0, 0.05) is 11.9 Å². The van der Waals surface area contributed by atoms with E-state index in [4.69, 9.17) is 0 Å². The van der Waals surface area contributed by atoms with E-state index in [2.05, 4.69) is 21.2 Å². The van der Waals surface area contributed by atoms with E-state index >= 15 is 0 Å². The van der Waals surface area contributed by atoms with Crippen LogP contribution in [0.25, 0.3) is 0 Å². The van der Waals surface area contributed by atoms with Crippen molar-refractivity contribution >= 4 is 21.8 Å². The van der Waals surface area contributed by atoms with Gasteiger partial charge in [0.2, 0.25) is 0 Å². The van der Waals surface area contributed by atoms with Crippen molar-refractivity contribution in [1.29, 1.82) is 0 Å². The Kier molecular flexibility index (Phi) is 5.62. The maximum atomic E-state index is 13.4. The van der Waals surface area contributed by atoms with Gasteiger partial charge >= 0.3 is 0 Å². The molecule has 1 rings (SSSR count). The minimum Gasteiger partial charge on any atom is -0.352 e. The van der Waals surface area contributed by atoms with E-state index in [9.17, 15) is 9.18 Å². The van der Waals surface area contributed by atoms with E-state index in [0.29, 0.717) is 12.5 Å². The summed E-state index contributed by atoms with van der Waals surface area (Å²) in [6, 6.07) is 4.55. The SMILES string of the molecule is Cc1ccc(F)c(C(=O)NCC(C)CCBr)c1. The van der Waals surface area contributed by atoms with Crippen molar-refractivity contribution in [2.45, 2.75) is 20.3 Å². The van der Waals surface area contributed by atoms with E-state index in [1.165, 1.54) is 6.07 Å². The third-order valence-corrected chi connectivity index (χ3v) is 3.04. The quantitative estimate of drug-likeness (QED) is 0.831. The normalized spacial score (nSPS) is 12.2. The van der Waals surface area contributed by atoms with Gasteiger partial charge in [-0.3, -0.25) is 4.79 Å². The van der Waals surface area contributed by atoms with Crippen LogP contribution in [0.4, 0.5) is 4.39 Å². The van der Waals surface area contributed by atoms with Crippen LogP contribution in [-0.4, -0.2) is 17.8 Å². The molecule has 17 heavy (non-hydrogen) atoms. The van der Waals surface area contributed by atoms with E-state index in [1.807, 2.05) is 13.8 Å². The van der Waals surface area contributed by atoms with Crippen LogP contribution in [0.1, 0.15) is 29.3 Å². The molecule has 1 N–H and O–H groups in total. The second kappa shape index (κ2) is 6.74. The maximum absolute atomic E-state index is 13.4. The third kappa shape index (κ3) is 4.46. The first-order chi connectivity index (χ1) is 8.04. The average molecular weight is 302 g/mol. The number of alkyl halides is 1. The van der Waals surface area contributed by atoms with Crippen molar-refractivity contribution in [2.24, 2.45) is 5.92 Å². The highest BCUT2D eigenvalue weighted by Crippen LogP contribution is 2.10. The van der Waals surface area contributed by atoms with Gasteiger partial charge in [-0.15, -0.1) is 0 Å². The highest BCUT2D eigenvalue weighted by molar-refractivity contribution is 9.09. The summed E-state index contributed by atoms with van der Waals surface area (Å²) >= 11 is 3.35. The molecule has 0 fully saturated rings. The molecule has 0 bridgehead atoms. The molecule has 0 radical (unpaired) electrons. The Morgan fingerprint density at radius 2 is 2.24 bits per heavy atom. The number of benzene rings is 1.